The van der Waals surface area contributed by atoms with Crippen LogP contribution in [-0.4, -0.2) is 83.6 Å². The van der Waals surface area contributed by atoms with Crippen molar-refractivity contribution in [2.45, 2.75) is 64.3 Å². The summed E-state index contributed by atoms with van der Waals surface area (Å²) in [5.74, 6) is -4.02. The predicted molar refractivity (Wildman–Crippen MR) is 158 cm³/mol. The maximum atomic E-state index is 13.0. The van der Waals surface area contributed by atoms with Crippen molar-refractivity contribution in [3.63, 3.8) is 0 Å². The van der Waals surface area contributed by atoms with Gasteiger partial charge in [-0.25, -0.2) is 5.01 Å². The number of ether oxygens (including phenoxy) is 1. The molecule has 2 aromatic carbocycles. The van der Waals surface area contributed by atoms with Gasteiger partial charge in [-0.05, 0) is 49.8 Å². The van der Waals surface area contributed by atoms with E-state index >= 15 is 0 Å². The molecule has 0 spiro atoms. The highest BCUT2D eigenvalue weighted by molar-refractivity contribution is 5.97. The average Bonchev–Trinajstić information content (AvgIpc) is 3.78. The van der Waals surface area contributed by atoms with Crippen molar-refractivity contribution in [3.8, 4) is 0 Å². The number of epoxide rings is 1. The second-order valence-corrected chi connectivity index (χ2v) is 10.8. The third-order valence-corrected chi connectivity index (χ3v) is 6.90. The van der Waals surface area contributed by atoms with E-state index in [0.29, 0.717) is 24.5 Å². The fourth-order valence-electron chi connectivity index (χ4n) is 4.46. The molecule has 2 aromatic rings. The highest BCUT2D eigenvalue weighted by Gasteiger charge is 2.52. The van der Waals surface area contributed by atoms with Crippen LogP contribution >= 0.6 is 0 Å². The average molecular weight is 596 g/mol. The lowest BCUT2D eigenvalue weighted by molar-refractivity contribution is -0.151. The molecule has 0 aromatic heterocycles. The molecule has 3 rings (SSSR count). The Bertz CT molecular complexity index is 1240. The number of carbonyl (C=O) groups excluding carboxylic acids is 4. The predicted octanol–water partition coefficient (Wildman–Crippen LogP) is 0.809. The maximum Gasteiger partial charge on any atom is 0.325 e. The first-order valence-electron chi connectivity index (χ1n) is 14.4. The minimum atomic E-state index is -1.38. The first-order valence-corrected chi connectivity index (χ1v) is 14.4. The largest absolute Gasteiger partial charge is 0.480 e. The lowest BCUT2D eigenvalue weighted by atomic mass is 10.0. The van der Waals surface area contributed by atoms with Gasteiger partial charge < -0.3 is 25.8 Å². The molecule has 0 radical (unpaired) electrons. The van der Waals surface area contributed by atoms with Crippen LogP contribution in [0.4, 0.5) is 0 Å². The van der Waals surface area contributed by atoms with E-state index in [4.69, 9.17) is 4.74 Å². The lowest BCUT2D eigenvalue weighted by Crippen LogP contribution is -2.58. The van der Waals surface area contributed by atoms with Crippen LogP contribution in [0.1, 0.15) is 38.3 Å². The minimum absolute atomic E-state index is 0.0696. The first-order chi connectivity index (χ1) is 20.6. The Labute approximate surface area is 251 Å². The summed E-state index contributed by atoms with van der Waals surface area (Å²) in [4.78, 5) is 62.6. The molecule has 1 aliphatic heterocycles. The van der Waals surface area contributed by atoms with Crippen LogP contribution in [0.2, 0.25) is 0 Å². The number of benzene rings is 2. The maximum absolute atomic E-state index is 13.0. The number of nitrogens with zero attached hydrogens (tertiary/aromatic N) is 1. The Kier molecular flexibility index (Phi) is 12.6. The van der Waals surface area contributed by atoms with Crippen LogP contribution < -0.4 is 21.4 Å². The molecule has 0 saturated carbocycles. The summed E-state index contributed by atoms with van der Waals surface area (Å²) >= 11 is 0. The van der Waals surface area contributed by atoms with Gasteiger partial charge >= 0.3 is 5.97 Å². The fourth-order valence-corrected chi connectivity index (χ4v) is 4.46. The molecule has 4 amide bonds. The second kappa shape index (κ2) is 16.4. The number of hydrogen-bond acceptors (Lipinski definition) is 7. The highest BCUT2D eigenvalue weighted by atomic mass is 16.6. The number of carboxylic acids is 1. The normalized spacial score (nSPS) is 16.9. The van der Waals surface area contributed by atoms with E-state index in [1.54, 1.807) is 0 Å². The molecule has 43 heavy (non-hydrogen) atoms. The molecule has 0 bridgehead atoms. The Balaban J connectivity index is 1.47. The molecule has 5 N–H and O–H groups in total. The van der Waals surface area contributed by atoms with Gasteiger partial charge in [0.05, 0.1) is 6.04 Å². The summed E-state index contributed by atoms with van der Waals surface area (Å²) in [7, 11) is 0. The summed E-state index contributed by atoms with van der Waals surface area (Å²) in [6.45, 7) is 5.27. The van der Waals surface area contributed by atoms with Crippen LogP contribution in [0.5, 0.6) is 0 Å². The van der Waals surface area contributed by atoms with Crippen LogP contribution in [0.25, 0.3) is 0 Å². The third kappa shape index (κ3) is 10.8. The third-order valence-electron chi connectivity index (χ3n) is 6.90. The van der Waals surface area contributed by atoms with E-state index < -0.39 is 60.4 Å². The van der Waals surface area contributed by atoms with E-state index in [2.05, 4.69) is 21.4 Å². The smallest absolute Gasteiger partial charge is 0.325 e. The minimum Gasteiger partial charge on any atom is -0.480 e. The van der Waals surface area contributed by atoms with Crippen molar-refractivity contribution in [2.75, 3.05) is 19.6 Å². The number of carboxylic acid groups (broad SMARTS) is 1. The molecule has 1 heterocycles. The number of rotatable bonds is 16. The number of carbonyl (C=O) groups is 5. The number of amides is 4. The fraction of sp³-hybridized carbons (Fsp3) is 0.452. The lowest BCUT2D eigenvalue weighted by Gasteiger charge is -2.26. The summed E-state index contributed by atoms with van der Waals surface area (Å²) in [5.41, 5.74) is 4.49. The number of aryl methyl sites for hydroxylation is 1. The number of hydrazine groups is 1. The zero-order valence-electron chi connectivity index (χ0n) is 24.7. The van der Waals surface area contributed by atoms with Crippen molar-refractivity contribution < 1.29 is 33.8 Å². The molecule has 1 aliphatic rings. The summed E-state index contributed by atoms with van der Waals surface area (Å²) in [6.07, 6.45) is -0.0604. The number of aliphatic carboxylic acids is 1. The van der Waals surface area contributed by atoms with Gasteiger partial charge in [-0.2, -0.15) is 0 Å². The number of nitrogens with one attached hydrogen (secondary N) is 4. The monoisotopic (exact) mass is 595 g/mol. The molecular formula is C31H41N5O7. The van der Waals surface area contributed by atoms with Crippen LogP contribution in [0.3, 0.4) is 0 Å². The Hall–Kier alpha value is -4.29. The van der Waals surface area contributed by atoms with Crippen LogP contribution in [0.15, 0.2) is 60.7 Å². The topological polar surface area (TPSA) is 169 Å². The summed E-state index contributed by atoms with van der Waals surface area (Å²) < 4.78 is 5.22. The van der Waals surface area contributed by atoms with E-state index in [0.717, 1.165) is 18.4 Å². The molecule has 12 heteroatoms. The Morgan fingerprint density at radius 1 is 0.837 bits per heavy atom. The SMILES string of the molecule is CC(NC(=O)C(NCCCc1ccccc1)C(C)C)C(=O)NN(CC(=O)O)C(=O)[C@H]1O[C@@H]1C(=O)NCCc1ccccc1. The van der Waals surface area contributed by atoms with Gasteiger partial charge in [0.15, 0.2) is 12.2 Å². The molecule has 1 saturated heterocycles. The zero-order valence-corrected chi connectivity index (χ0v) is 24.7. The Morgan fingerprint density at radius 2 is 1.44 bits per heavy atom. The molecule has 232 valence electrons. The molecule has 2 unspecified atom stereocenters. The van der Waals surface area contributed by atoms with Crippen molar-refractivity contribution in [1.29, 1.82) is 0 Å². The molecule has 4 atom stereocenters. The van der Waals surface area contributed by atoms with Gasteiger partial charge in [0, 0.05) is 6.54 Å². The van der Waals surface area contributed by atoms with E-state index in [1.807, 2.05) is 74.5 Å². The van der Waals surface area contributed by atoms with Crippen molar-refractivity contribution in [1.82, 2.24) is 26.4 Å². The van der Waals surface area contributed by atoms with Crippen molar-refractivity contribution in [3.05, 3.63) is 71.8 Å². The standard InChI is InChI=1S/C31H41N5O7/c1-20(2)25(32-17-10-15-22-11-6-4-7-12-22)29(40)34-21(3)28(39)35-36(19-24(37)38)31(42)27-26(43-27)30(41)33-18-16-23-13-8-5-9-14-23/h4-9,11-14,20-21,25-27,32H,10,15-19H2,1-3H3,(H,33,41)(H,34,40)(H,35,39)(H,37,38)/t21?,25?,26-,27-/m0/s1. The molecule has 12 nitrogen and oxygen atoms in total. The quantitative estimate of drug-likeness (QED) is 0.108. The van der Waals surface area contributed by atoms with Gasteiger partial charge in [0.2, 0.25) is 5.91 Å². The summed E-state index contributed by atoms with van der Waals surface area (Å²) in [5, 5.41) is 18.5. The van der Waals surface area contributed by atoms with E-state index in [-0.39, 0.29) is 5.92 Å². The van der Waals surface area contributed by atoms with E-state index in [1.165, 1.54) is 12.5 Å². The van der Waals surface area contributed by atoms with Crippen LogP contribution in [0, 0.1) is 5.92 Å². The van der Waals surface area contributed by atoms with Gasteiger partial charge in [-0.1, -0.05) is 74.5 Å². The molecule has 0 aliphatic carbocycles. The van der Waals surface area contributed by atoms with Gasteiger partial charge in [0.25, 0.3) is 17.7 Å². The van der Waals surface area contributed by atoms with Crippen LogP contribution in [-0.2, 0) is 41.6 Å². The molecular weight excluding hydrogens is 554 g/mol. The first kappa shape index (κ1) is 33.2. The second-order valence-electron chi connectivity index (χ2n) is 10.8. The Morgan fingerprint density at radius 3 is 2.02 bits per heavy atom. The van der Waals surface area contributed by atoms with Gasteiger partial charge in [0.1, 0.15) is 12.6 Å². The molecule has 1 fully saturated rings. The van der Waals surface area contributed by atoms with Gasteiger partial charge in [-0.15, -0.1) is 0 Å². The zero-order chi connectivity index (χ0) is 31.4. The van der Waals surface area contributed by atoms with Crippen molar-refractivity contribution in [2.24, 2.45) is 5.92 Å². The summed E-state index contributed by atoms with van der Waals surface area (Å²) in [6, 6.07) is 17.9. The highest BCUT2D eigenvalue weighted by Crippen LogP contribution is 2.24. The van der Waals surface area contributed by atoms with Gasteiger partial charge in [-0.3, -0.25) is 29.4 Å². The van der Waals surface area contributed by atoms with Crippen molar-refractivity contribution >= 4 is 29.6 Å². The number of hydrogen-bond donors (Lipinski definition) is 5. The van der Waals surface area contributed by atoms with E-state index in [9.17, 15) is 29.1 Å².